The third-order valence-corrected chi connectivity index (χ3v) is 3.86. The summed E-state index contributed by atoms with van der Waals surface area (Å²) in [5.41, 5.74) is 2.40. The van der Waals surface area contributed by atoms with Crippen LogP contribution in [-0.4, -0.2) is 0 Å². The largest absolute Gasteiger partial charge is 0.0848 e. The van der Waals surface area contributed by atoms with Crippen molar-refractivity contribution in [1.29, 1.82) is 0 Å². The molecule has 68 valence electrons. The van der Waals surface area contributed by atoms with Gasteiger partial charge < -0.3 is 0 Å². The Kier molecular flexibility index (Phi) is 2.02. The molecule has 0 amide bonds. The van der Waals surface area contributed by atoms with Gasteiger partial charge in [0, 0.05) is 0 Å². The van der Waals surface area contributed by atoms with E-state index in [1.165, 1.54) is 38.5 Å². The van der Waals surface area contributed by atoms with Gasteiger partial charge in [-0.2, -0.15) is 0 Å². The predicted octanol–water partition coefficient (Wildman–Crippen LogP) is 3.92. The fraction of sp³-hybridized carbons (Fsp3) is 0.833. The number of hydrogen-bond acceptors (Lipinski definition) is 0. The van der Waals surface area contributed by atoms with Gasteiger partial charge in [0.25, 0.3) is 0 Å². The van der Waals surface area contributed by atoms with Crippen LogP contribution in [0.3, 0.4) is 0 Å². The molecule has 0 aromatic carbocycles. The first kappa shape index (κ1) is 8.34. The highest BCUT2D eigenvalue weighted by atomic mass is 14.4. The minimum absolute atomic E-state index is 0.616. The first-order chi connectivity index (χ1) is 5.71. The molecule has 1 saturated carbocycles. The smallest absolute Gasteiger partial charge is 0.0116 e. The highest BCUT2D eigenvalue weighted by Crippen LogP contribution is 2.48. The summed E-state index contributed by atoms with van der Waals surface area (Å²) in [6.07, 6.45) is 11.0. The Morgan fingerprint density at radius 3 is 3.08 bits per heavy atom. The summed E-state index contributed by atoms with van der Waals surface area (Å²) in [6, 6.07) is 0. The number of allylic oxidation sites excluding steroid dienone is 2. The third kappa shape index (κ3) is 1.32. The number of rotatable bonds is 0. The van der Waals surface area contributed by atoms with Gasteiger partial charge in [0.1, 0.15) is 0 Å². The Morgan fingerprint density at radius 2 is 2.25 bits per heavy atom. The second kappa shape index (κ2) is 2.90. The van der Waals surface area contributed by atoms with Crippen LogP contribution in [0.4, 0.5) is 0 Å². The molecule has 2 atom stereocenters. The monoisotopic (exact) mass is 164 g/mol. The Morgan fingerprint density at radius 1 is 1.42 bits per heavy atom. The molecule has 0 nitrogen and oxygen atoms in total. The van der Waals surface area contributed by atoms with Gasteiger partial charge in [0.15, 0.2) is 0 Å². The summed E-state index contributed by atoms with van der Waals surface area (Å²) in [6.45, 7) is 4.87. The highest BCUT2D eigenvalue weighted by molar-refractivity contribution is 5.19. The lowest BCUT2D eigenvalue weighted by atomic mass is 9.64. The summed E-state index contributed by atoms with van der Waals surface area (Å²) in [4.78, 5) is 0. The van der Waals surface area contributed by atoms with Crippen LogP contribution in [0.5, 0.6) is 0 Å². The van der Waals surface area contributed by atoms with E-state index in [0.29, 0.717) is 5.41 Å². The van der Waals surface area contributed by atoms with Crippen molar-refractivity contribution in [3.05, 3.63) is 11.6 Å². The SMILES string of the molecule is C[C@H]1CCC2(C)CCCC=C2C1. The van der Waals surface area contributed by atoms with Crippen LogP contribution in [0, 0.1) is 11.3 Å². The number of fused-ring (bicyclic) bond motifs is 1. The zero-order chi connectivity index (χ0) is 8.60. The lowest BCUT2D eigenvalue weighted by Crippen LogP contribution is -2.28. The van der Waals surface area contributed by atoms with Gasteiger partial charge >= 0.3 is 0 Å². The van der Waals surface area contributed by atoms with Crippen LogP contribution >= 0.6 is 0 Å². The van der Waals surface area contributed by atoms with Gasteiger partial charge in [-0.1, -0.05) is 25.5 Å². The van der Waals surface area contributed by atoms with Crippen molar-refractivity contribution < 1.29 is 0 Å². The molecule has 0 heterocycles. The van der Waals surface area contributed by atoms with Crippen LogP contribution in [0.15, 0.2) is 11.6 Å². The van der Waals surface area contributed by atoms with E-state index in [-0.39, 0.29) is 0 Å². The standard InChI is InChI=1S/C12H20/c1-10-6-8-12(2)7-4-3-5-11(12)9-10/h5,10H,3-4,6-9H2,1-2H3/t10-,12?/m0/s1. The van der Waals surface area contributed by atoms with E-state index in [1.54, 1.807) is 5.57 Å². The van der Waals surface area contributed by atoms with Crippen LogP contribution in [0.25, 0.3) is 0 Å². The zero-order valence-corrected chi connectivity index (χ0v) is 8.40. The molecule has 0 bridgehead atoms. The van der Waals surface area contributed by atoms with Crippen molar-refractivity contribution in [2.45, 2.75) is 52.4 Å². The first-order valence-electron chi connectivity index (χ1n) is 5.40. The van der Waals surface area contributed by atoms with E-state index >= 15 is 0 Å². The quantitative estimate of drug-likeness (QED) is 0.476. The molecule has 1 fully saturated rings. The molecular weight excluding hydrogens is 144 g/mol. The fourth-order valence-corrected chi connectivity index (χ4v) is 2.83. The fourth-order valence-electron chi connectivity index (χ4n) is 2.83. The highest BCUT2D eigenvalue weighted by Gasteiger charge is 2.34. The molecule has 0 aromatic heterocycles. The summed E-state index contributed by atoms with van der Waals surface area (Å²) in [7, 11) is 0. The normalized spacial score (nSPS) is 41.8. The second-order valence-corrected chi connectivity index (χ2v) is 5.03. The van der Waals surface area contributed by atoms with Crippen LogP contribution in [-0.2, 0) is 0 Å². The van der Waals surface area contributed by atoms with Gasteiger partial charge in [0.2, 0.25) is 0 Å². The van der Waals surface area contributed by atoms with Gasteiger partial charge in [-0.25, -0.2) is 0 Å². The van der Waals surface area contributed by atoms with Gasteiger partial charge in [-0.3, -0.25) is 0 Å². The zero-order valence-electron chi connectivity index (χ0n) is 8.40. The lowest BCUT2D eigenvalue weighted by Gasteiger charge is -2.41. The summed E-state index contributed by atoms with van der Waals surface area (Å²) >= 11 is 0. The Labute approximate surface area is 76.1 Å². The topological polar surface area (TPSA) is 0 Å². The lowest BCUT2D eigenvalue weighted by molar-refractivity contribution is 0.228. The van der Waals surface area contributed by atoms with Gasteiger partial charge in [-0.15, -0.1) is 0 Å². The molecule has 0 N–H and O–H groups in total. The van der Waals surface area contributed by atoms with Crippen molar-refractivity contribution >= 4 is 0 Å². The average Bonchev–Trinajstić information content (AvgIpc) is 2.06. The molecule has 0 spiro atoms. The van der Waals surface area contributed by atoms with Crippen LogP contribution < -0.4 is 0 Å². The van der Waals surface area contributed by atoms with Crippen molar-refractivity contribution in [3.63, 3.8) is 0 Å². The van der Waals surface area contributed by atoms with Crippen molar-refractivity contribution in [1.82, 2.24) is 0 Å². The Balaban J connectivity index is 2.19. The van der Waals surface area contributed by atoms with E-state index in [2.05, 4.69) is 19.9 Å². The van der Waals surface area contributed by atoms with Crippen molar-refractivity contribution in [2.75, 3.05) is 0 Å². The van der Waals surface area contributed by atoms with E-state index in [4.69, 9.17) is 0 Å². The minimum atomic E-state index is 0.616. The van der Waals surface area contributed by atoms with Crippen molar-refractivity contribution in [3.8, 4) is 0 Å². The molecule has 2 rings (SSSR count). The molecule has 0 aromatic rings. The van der Waals surface area contributed by atoms with E-state index < -0.39 is 0 Å². The molecule has 0 saturated heterocycles. The average molecular weight is 164 g/mol. The summed E-state index contributed by atoms with van der Waals surface area (Å²) in [5.74, 6) is 0.947. The molecule has 1 unspecified atom stereocenters. The molecule has 2 aliphatic rings. The van der Waals surface area contributed by atoms with E-state index in [9.17, 15) is 0 Å². The van der Waals surface area contributed by atoms with Gasteiger partial charge in [0.05, 0.1) is 0 Å². The maximum Gasteiger partial charge on any atom is -0.0116 e. The molecule has 12 heavy (non-hydrogen) atoms. The van der Waals surface area contributed by atoms with E-state index in [1.807, 2.05) is 0 Å². The predicted molar refractivity (Wildman–Crippen MR) is 53.1 cm³/mol. The molecule has 0 heteroatoms. The summed E-state index contributed by atoms with van der Waals surface area (Å²) < 4.78 is 0. The molecule has 0 aliphatic heterocycles. The minimum Gasteiger partial charge on any atom is -0.0848 e. The van der Waals surface area contributed by atoms with Gasteiger partial charge in [-0.05, 0) is 49.9 Å². The molecular formula is C12H20. The van der Waals surface area contributed by atoms with E-state index in [0.717, 1.165) is 5.92 Å². The first-order valence-corrected chi connectivity index (χ1v) is 5.40. The second-order valence-electron chi connectivity index (χ2n) is 5.03. The maximum atomic E-state index is 2.53. The third-order valence-electron chi connectivity index (χ3n) is 3.86. The Hall–Kier alpha value is -0.260. The van der Waals surface area contributed by atoms with Crippen LogP contribution in [0.1, 0.15) is 52.4 Å². The summed E-state index contributed by atoms with van der Waals surface area (Å²) in [5, 5.41) is 0. The molecule has 0 radical (unpaired) electrons. The molecule has 2 aliphatic carbocycles. The van der Waals surface area contributed by atoms with Crippen molar-refractivity contribution in [2.24, 2.45) is 11.3 Å². The number of hydrogen-bond donors (Lipinski definition) is 0. The Bertz CT molecular complexity index is 202. The van der Waals surface area contributed by atoms with Crippen LogP contribution in [0.2, 0.25) is 0 Å². The maximum absolute atomic E-state index is 2.53.